The van der Waals surface area contributed by atoms with Gasteiger partial charge in [0, 0.05) is 10.0 Å². The molecule has 0 aromatic heterocycles. The summed E-state index contributed by atoms with van der Waals surface area (Å²) in [4.78, 5) is 16.6. The number of amidine groups is 1. The Morgan fingerprint density at radius 3 is 1.97 bits per heavy atom. The molecule has 3 rings (SSSR count). The largest absolute Gasteiger partial charge is 0.287 e. The standard InChI is InChI=1S/C21H15BrCl2N2O3S/c1-12-17(23)20(27)18(24)13(2)19(12)25-21(14-6-4-3-5-7-14)26-30(28,29)16-10-8-15(22)9-11-16/h3-11H,1-2H3/b26-21+. The molecular weight excluding hydrogens is 511 g/mol. The lowest BCUT2D eigenvalue weighted by Gasteiger charge is -2.17. The van der Waals surface area contributed by atoms with Gasteiger partial charge in [-0.2, -0.15) is 8.42 Å². The molecule has 0 saturated heterocycles. The molecule has 154 valence electrons. The lowest BCUT2D eigenvalue weighted by molar-refractivity contribution is -0.111. The van der Waals surface area contributed by atoms with Crippen LogP contribution in [0.2, 0.25) is 0 Å². The number of sulfonamides is 1. The van der Waals surface area contributed by atoms with E-state index in [-0.39, 0.29) is 20.8 Å². The average molecular weight is 526 g/mol. The van der Waals surface area contributed by atoms with E-state index in [2.05, 4.69) is 25.3 Å². The summed E-state index contributed by atoms with van der Waals surface area (Å²) >= 11 is 15.5. The number of carbonyl (C=O) groups is 1. The van der Waals surface area contributed by atoms with Crippen molar-refractivity contribution in [1.29, 1.82) is 0 Å². The van der Waals surface area contributed by atoms with Crippen LogP contribution in [0.3, 0.4) is 0 Å². The molecule has 0 heterocycles. The minimum Gasteiger partial charge on any atom is -0.287 e. The van der Waals surface area contributed by atoms with Crippen molar-refractivity contribution in [3.8, 4) is 0 Å². The molecule has 0 saturated carbocycles. The number of allylic oxidation sites excluding steroid dienone is 4. The molecule has 0 radical (unpaired) electrons. The molecule has 5 nitrogen and oxygen atoms in total. The summed E-state index contributed by atoms with van der Waals surface area (Å²) in [5.74, 6) is -0.538. The average Bonchev–Trinajstić information content (AvgIpc) is 2.74. The monoisotopic (exact) mass is 524 g/mol. The van der Waals surface area contributed by atoms with Crippen molar-refractivity contribution in [1.82, 2.24) is 0 Å². The maximum absolute atomic E-state index is 12.9. The van der Waals surface area contributed by atoms with Crippen LogP contribution in [-0.2, 0) is 14.8 Å². The normalized spacial score (nSPS) is 15.7. The zero-order valence-electron chi connectivity index (χ0n) is 15.9. The number of halogens is 3. The number of Topliss-reactive ketones (excluding diaryl/α,β-unsaturated/α-hetero) is 1. The number of carbonyl (C=O) groups excluding carboxylic acids is 1. The van der Waals surface area contributed by atoms with E-state index in [4.69, 9.17) is 23.2 Å². The Kier molecular flexibility index (Phi) is 6.77. The van der Waals surface area contributed by atoms with E-state index in [0.29, 0.717) is 22.4 Å². The van der Waals surface area contributed by atoms with Crippen LogP contribution in [0.4, 0.5) is 0 Å². The van der Waals surface area contributed by atoms with Crippen molar-refractivity contribution < 1.29 is 13.2 Å². The second kappa shape index (κ2) is 8.98. The molecule has 0 unspecified atom stereocenters. The van der Waals surface area contributed by atoms with Gasteiger partial charge < -0.3 is 0 Å². The third-order valence-corrected chi connectivity index (χ3v) is 7.06. The number of nitrogens with zero attached hydrogens (tertiary/aromatic N) is 2. The zero-order valence-corrected chi connectivity index (χ0v) is 19.8. The Morgan fingerprint density at radius 2 is 1.43 bits per heavy atom. The SMILES string of the molecule is CC1=C(Cl)C(=O)C(Cl)=C(C)C1=N/C(=N/S(=O)(=O)c1ccc(Br)cc1)c1ccccc1. The molecular formula is C21H15BrCl2N2O3S. The summed E-state index contributed by atoms with van der Waals surface area (Å²) in [5.41, 5.74) is 1.58. The van der Waals surface area contributed by atoms with Gasteiger partial charge in [-0.15, -0.1) is 4.40 Å². The second-order valence-electron chi connectivity index (χ2n) is 6.38. The number of rotatable bonds is 3. The Bertz CT molecular complexity index is 1220. The van der Waals surface area contributed by atoms with Crippen molar-refractivity contribution in [3.05, 3.63) is 85.8 Å². The van der Waals surface area contributed by atoms with Gasteiger partial charge in [0.05, 0.1) is 20.7 Å². The third-order valence-electron chi connectivity index (χ3n) is 4.34. The molecule has 0 bridgehead atoms. The van der Waals surface area contributed by atoms with Crippen LogP contribution < -0.4 is 0 Å². The number of hydrogen-bond acceptors (Lipinski definition) is 3. The highest BCUT2D eigenvalue weighted by molar-refractivity contribution is 9.10. The molecule has 0 N–H and O–H groups in total. The van der Waals surface area contributed by atoms with E-state index in [9.17, 15) is 13.2 Å². The predicted molar refractivity (Wildman–Crippen MR) is 124 cm³/mol. The second-order valence-corrected chi connectivity index (χ2v) is 9.65. The highest BCUT2D eigenvalue weighted by atomic mass is 79.9. The molecule has 0 spiro atoms. The summed E-state index contributed by atoms with van der Waals surface area (Å²) < 4.78 is 30.5. The van der Waals surface area contributed by atoms with Gasteiger partial charge in [0.15, 0.2) is 5.84 Å². The molecule has 1 aliphatic rings. The first-order valence-corrected chi connectivity index (χ1v) is 11.6. The Hall–Kier alpha value is -2.06. The molecule has 0 atom stereocenters. The first kappa shape index (κ1) is 22.6. The zero-order chi connectivity index (χ0) is 22.1. The molecule has 1 aliphatic carbocycles. The van der Waals surface area contributed by atoms with Gasteiger partial charge in [-0.1, -0.05) is 69.5 Å². The topological polar surface area (TPSA) is 75.9 Å². The van der Waals surface area contributed by atoms with Crippen molar-refractivity contribution >= 4 is 66.5 Å². The minimum absolute atomic E-state index is 0.0220. The minimum atomic E-state index is -4.05. The first-order chi connectivity index (χ1) is 14.1. The predicted octanol–water partition coefficient (Wildman–Crippen LogP) is 5.63. The third kappa shape index (κ3) is 4.64. The maximum Gasteiger partial charge on any atom is 0.284 e. The van der Waals surface area contributed by atoms with Crippen LogP contribution in [-0.4, -0.2) is 25.7 Å². The van der Waals surface area contributed by atoms with E-state index >= 15 is 0 Å². The van der Waals surface area contributed by atoms with Crippen LogP contribution in [0.5, 0.6) is 0 Å². The van der Waals surface area contributed by atoms with Gasteiger partial charge in [0.2, 0.25) is 5.78 Å². The molecule has 30 heavy (non-hydrogen) atoms. The molecule has 2 aromatic rings. The van der Waals surface area contributed by atoms with Gasteiger partial charge in [-0.25, -0.2) is 4.99 Å². The summed E-state index contributed by atoms with van der Waals surface area (Å²) in [6.45, 7) is 3.25. The van der Waals surface area contributed by atoms with E-state index in [1.807, 2.05) is 0 Å². The van der Waals surface area contributed by atoms with Gasteiger partial charge in [-0.05, 0) is 49.3 Å². The van der Waals surface area contributed by atoms with Crippen molar-refractivity contribution in [2.24, 2.45) is 9.39 Å². The number of hydrogen-bond donors (Lipinski definition) is 0. The quantitative estimate of drug-likeness (QED) is 0.296. The molecule has 0 fully saturated rings. The maximum atomic E-state index is 12.9. The number of ketones is 1. The van der Waals surface area contributed by atoms with Gasteiger partial charge in [0.1, 0.15) is 0 Å². The fraction of sp³-hybridized carbons (Fsp3) is 0.0952. The summed E-state index contributed by atoms with van der Waals surface area (Å²) in [7, 11) is -4.05. The van der Waals surface area contributed by atoms with Crippen LogP contribution in [0.15, 0.2) is 94.6 Å². The van der Waals surface area contributed by atoms with Crippen molar-refractivity contribution in [3.63, 3.8) is 0 Å². The highest BCUT2D eigenvalue weighted by Crippen LogP contribution is 2.30. The van der Waals surface area contributed by atoms with Gasteiger partial charge in [-0.3, -0.25) is 4.79 Å². The van der Waals surface area contributed by atoms with E-state index in [1.54, 1.807) is 56.3 Å². The lowest BCUT2D eigenvalue weighted by atomic mass is 9.96. The Labute approximate surface area is 193 Å². The summed E-state index contributed by atoms with van der Waals surface area (Å²) in [6.07, 6.45) is 0. The molecule has 9 heteroatoms. The van der Waals surface area contributed by atoms with E-state index < -0.39 is 15.8 Å². The van der Waals surface area contributed by atoms with Crippen LogP contribution in [0.1, 0.15) is 19.4 Å². The van der Waals surface area contributed by atoms with Gasteiger partial charge in [0.25, 0.3) is 10.0 Å². The highest BCUT2D eigenvalue weighted by Gasteiger charge is 2.28. The summed E-state index contributed by atoms with van der Waals surface area (Å²) in [6, 6.07) is 14.8. The van der Waals surface area contributed by atoms with Crippen LogP contribution >= 0.6 is 39.1 Å². The lowest BCUT2D eigenvalue weighted by Crippen LogP contribution is -2.19. The fourth-order valence-corrected chi connectivity index (χ4v) is 4.34. The molecule has 0 aliphatic heterocycles. The molecule has 0 amide bonds. The van der Waals surface area contributed by atoms with E-state index in [0.717, 1.165) is 4.47 Å². The number of benzene rings is 2. The smallest absolute Gasteiger partial charge is 0.284 e. The summed E-state index contributed by atoms with van der Waals surface area (Å²) in [5, 5.41) is -0.125. The Balaban J connectivity index is 2.23. The van der Waals surface area contributed by atoms with E-state index in [1.165, 1.54) is 12.1 Å². The van der Waals surface area contributed by atoms with Crippen molar-refractivity contribution in [2.75, 3.05) is 0 Å². The van der Waals surface area contributed by atoms with Crippen LogP contribution in [0, 0.1) is 0 Å². The Morgan fingerprint density at radius 1 is 0.900 bits per heavy atom. The fourth-order valence-electron chi connectivity index (χ4n) is 2.70. The number of aliphatic imine (C=N–C) groups is 1. The van der Waals surface area contributed by atoms with Crippen molar-refractivity contribution in [2.45, 2.75) is 18.7 Å². The van der Waals surface area contributed by atoms with Gasteiger partial charge >= 0.3 is 0 Å². The molecule has 2 aromatic carbocycles. The first-order valence-electron chi connectivity index (χ1n) is 8.64. The van der Waals surface area contributed by atoms with Crippen LogP contribution in [0.25, 0.3) is 0 Å².